The van der Waals surface area contributed by atoms with Crippen molar-refractivity contribution < 1.29 is 9.53 Å². The third-order valence-corrected chi connectivity index (χ3v) is 3.92. The molecule has 5 heteroatoms. The van der Waals surface area contributed by atoms with Gasteiger partial charge in [0.1, 0.15) is 0 Å². The number of carbonyl (C=O) groups excluding carboxylic acids is 1. The summed E-state index contributed by atoms with van der Waals surface area (Å²) in [6, 6.07) is 9.86. The molecule has 2 N–H and O–H groups in total. The smallest absolute Gasteiger partial charge is 0.319 e. The molecule has 0 radical (unpaired) electrons. The molecule has 20 heavy (non-hydrogen) atoms. The average Bonchev–Trinajstić information content (AvgIpc) is 3.11. The number of nitrogens with one attached hydrogen (secondary N) is 2. The van der Waals surface area contributed by atoms with Crippen LogP contribution in [0.25, 0.3) is 11.1 Å². The van der Waals surface area contributed by atoms with Crippen molar-refractivity contribution in [2.75, 3.05) is 18.5 Å². The summed E-state index contributed by atoms with van der Waals surface area (Å²) in [5.41, 5.74) is 3.07. The Labute approximate surface area is 121 Å². The van der Waals surface area contributed by atoms with Gasteiger partial charge in [0.2, 0.25) is 0 Å². The largest absolute Gasteiger partial charge is 0.379 e. The van der Waals surface area contributed by atoms with Crippen molar-refractivity contribution in [1.29, 1.82) is 0 Å². The summed E-state index contributed by atoms with van der Waals surface area (Å²) in [6.45, 7) is 1.32. The Hall–Kier alpha value is -1.85. The van der Waals surface area contributed by atoms with Gasteiger partial charge in [-0.2, -0.15) is 11.3 Å². The van der Waals surface area contributed by atoms with Crippen LogP contribution in [0.3, 0.4) is 0 Å². The molecule has 1 fully saturated rings. The van der Waals surface area contributed by atoms with Crippen molar-refractivity contribution in [3.05, 3.63) is 41.1 Å². The molecule has 1 aliphatic heterocycles. The van der Waals surface area contributed by atoms with E-state index in [4.69, 9.17) is 4.74 Å². The van der Waals surface area contributed by atoms with Gasteiger partial charge in [-0.25, -0.2) is 4.79 Å². The molecule has 1 aromatic heterocycles. The molecule has 0 saturated carbocycles. The van der Waals surface area contributed by atoms with Gasteiger partial charge in [0.15, 0.2) is 0 Å². The van der Waals surface area contributed by atoms with Crippen LogP contribution in [-0.2, 0) is 4.74 Å². The minimum Gasteiger partial charge on any atom is -0.379 e. The van der Waals surface area contributed by atoms with Crippen LogP contribution in [0.5, 0.6) is 0 Å². The highest BCUT2D eigenvalue weighted by atomic mass is 32.1. The molecule has 1 atom stereocenters. The predicted octanol–water partition coefficient (Wildman–Crippen LogP) is 3.33. The van der Waals surface area contributed by atoms with E-state index < -0.39 is 0 Å². The van der Waals surface area contributed by atoms with Crippen LogP contribution in [-0.4, -0.2) is 25.3 Å². The zero-order chi connectivity index (χ0) is 13.8. The fraction of sp³-hybridized carbons (Fsp3) is 0.267. The lowest BCUT2D eigenvalue weighted by Crippen LogP contribution is -2.38. The van der Waals surface area contributed by atoms with E-state index >= 15 is 0 Å². The highest BCUT2D eigenvalue weighted by Crippen LogP contribution is 2.24. The number of rotatable bonds is 3. The molecule has 2 aromatic rings. The normalized spacial score (nSPS) is 17.9. The quantitative estimate of drug-likeness (QED) is 0.910. The molecular weight excluding hydrogens is 272 g/mol. The highest BCUT2D eigenvalue weighted by molar-refractivity contribution is 7.08. The van der Waals surface area contributed by atoms with Crippen LogP contribution in [0.15, 0.2) is 41.1 Å². The van der Waals surface area contributed by atoms with Gasteiger partial charge in [-0.3, -0.25) is 0 Å². The first-order chi connectivity index (χ1) is 9.81. The molecule has 2 heterocycles. The van der Waals surface area contributed by atoms with Crippen molar-refractivity contribution in [2.45, 2.75) is 12.5 Å². The first-order valence-corrected chi connectivity index (χ1v) is 7.53. The fourth-order valence-electron chi connectivity index (χ4n) is 2.21. The van der Waals surface area contributed by atoms with Gasteiger partial charge in [0, 0.05) is 12.3 Å². The molecule has 104 valence electrons. The van der Waals surface area contributed by atoms with E-state index in [0.717, 1.165) is 24.3 Å². The zero-order valence-corrected chi connectivity index (χ0v) is 11.8. The molecule has 1 saturated heterocycles. The molecule has 3 rings (SSSR count). The van der Waals surface area contributed by atoms with Crippen LogP contribution in [0.1, 0.15) is 6.42 Å². The SMILES string of the molecule is O=C(Nc1cccc(-c2ccsc2)c1)NC1CCOC1. The van der Waals surface area contributed by atoms with Crippen LogP contribution >= 0.6 is 11.3 Å². The summed E-state index contributed by atoms with van der Waals surface area (Å²) in [4.78, 5) is 11.9. The van der Waals surface area contributed by atoms with E-state index in [1.165, 1.54) is 5.56 Å². The van der Waals surface area contributed by atoms with Crippen LogP contribution < -0.4 is 10.6 Å². The molecular formula is C15H16N2O2S. The molecule has 4 nitrogen and oxygen atoms in total. The van der Waals surface area contributed by atoms with E-state index in [1.54, 1.807) is 11.3 Å². The molecule has 0 bridgehead atoms. The van der Waals surface area contributed by atoms with Gasteiger partial charge in [0.05, 0.1) is 12.6 Å². The van der Waals surface area contributed by atoms with Crippen molar-refractivity contribution >= 4 is 23.1 Å². The Bertz CT molecular complexity index is 577. The van der Waals surface area contributed by atoms with Crippen molar-refractivity contribution in [1.82, 2.24) is 5.32 Å². The summed E-state index contributed by atoms with van der Waals surface area (Å²) in [5, 5.41) is 9.91. The van der Waals surface area contributed by atoms with Crippen molar-refractivity contribution in [3.63, 3.8) is 0 Å². The summed E-state index contributed by atoms with van der Waals surface area (Å²) < 4.78 is 5.23. The minimum absolute atomic E-state index is 0.120. The van der Waals surface area contributed by atoms with E-state index in [-0.39, 0.29) is 12.1 Å². The number of amides is 2. The summed E-state index contributed by atoms with van der Waals surface area (Å²) in [7, 11) is 0. The summed E-state index contributed by atoms with van der Waals surface area (Å²) >= 11 is 1.66. The second-order valence-corrected chi connectivity index (χ2v) is 5.53. The molecule has 0 aliphatic carbocycles. The standard InChI is InChI=1S/C15H16N2O2S/c18-15(17-14-4-6-19-9-14)16-13-3-1-2-11(8-13)12-5-7-20-10-12/h1-3,5,7-8,10,14H,4,6,9H2,(H2,16,17,18). The number of hydrogen-bond acceptors (Lipinski definition) is 3. The second kappa shape index (κ2) is 6.07. The van der Waals surface area contributed by atoms with E-state index in [2.05, 4.69) is 22.1 Å². The monoisotopic (exact) mass is 288 g/mol. The number of anilines is 1. The van der Waals surface area contributed by atoms with Crippen LogP contribution in [0.2, 0.25) is 0 Å². The maximum Gasteiger partial charge on any atom is 0.319 e. The molecule has 1 aromatic carbocycles. The fourth-order valence-corrected chi connectivity index (χ4v) is 2.87. The summed E-state index contributed by atoms with van der Waals surface area (Å²) in [5.74, 6) is 0. The maximum absolute atomic E-state index is 11.9. The molecule has 0 spiro atoms. The van der Waals surface area contributed by atoms with Crippen LogP contribution in [0, 0.1) is 0 Å². The number of thiophene rings is 1. The average molecular weight is 288 g/mol. The van der Waals surface area contributed by atoms with E-state index in [1.807, 2.05) is 29.6 Å². The highest BCUT2D eigenvalue weighted by Gasteiger charge is 2.17. The third-order valence-electron chi connectivity index (χ3n) is 3.24. The number of benzene rings is 1. The van der Waals surface area contributed by atoms with Crippen LogP contribution in [0.4, 0.5) is 10.5 Å². The number of carbonyl (C=O) groups is 1. The van der Waals surface area contributed by atoms with Crippen molar-refractivity contribution in [3.8, 4) is 11.1 Å². The zero-order valence-electron chi connectivity index (χ0n) is 11.0. The van der Waals surface area contributed by atoms with Crippen molar-refractivity contribution in [2.24, 2.45) is 0 Å². The Morgan fingerprint density at radius 2 is 2.25 bits per heavy atom. The van der Waals surface area contributed by atoms with Gasteiger partial charge >= 0.3 is 6.03 Å². The lowest BCUT2D eigenvalue weighted by Gasteiger charge is -2.12. The van der Waals surface area contributed by atoms with E-state index in [0.29, 0.717) is 6.61 Å². The predicted molar refractivity (Wildman–Crippen MR) is 81.1 cm³/mol. The Kier molecular flexibility index (Phi) is 3.99. The van der Waals surface area contributed by atoms with Gasteiger partial charge in [-0.15, -0.1) is 0 Å². The maximum atomic E-state index is 11.9. The Morgan fingerprint density at radius 1 is 1.30 bits per heavy atom. The third kappa shape index (κ3) is 3.18. The summed E-state index contributed by atoms with van der Waals surface area (Å²) in [6.07, 6.45) is 0.877. The molecule has 1 unspecified atom stereocenters. The first-order valence-electron chi connectivity index (χ1n) is 6.59. The number of urea groups is 1. The topological polar surface area (TPSA) is 50.4 Å². The van der Waals surface area contributed by atoms with Gasteiger partial charge < -0.3 is 15.4 Å². The molecule has 1 aliphatic rings. The van der Waals surface area contributed by atoms with E-state index in [9.17, 15) is 4.79 Å². The van der Waals surface area contributed by atoms with Gasteiger partial charge in [-0.1, -0.05) is 12.1 Å². The van der Waals surface area contributed by atoms with Gasteiger partial charge in [-0.05, 0) is 46.5 Å². The minimum atomic E-state index is -0.178. The second-order valence-electron chi connectivity index (χ2n) is 4.75. The first kappa shape index (κ1) is 13.1. The number of hydrogen-bond donors (Lipinski definition) is 2. The lowest BCUT2D eigenvalue weighted by atomic mass is 10.1. The van der Waals surface area contributed by atoms with Gasteiger partial charge in [0.25, 0.3) is 0 Å². The Morgan fingerprint density at radius 3 is 3.00 bits per heavy atom. The Balaban J connectivity index is 1.65. The number of ether oxygens (including phenoxy) is 1. The lowest BCUT2D eigenvalue weighted by molar-refractivity contribution is 0.189. The molecule has 2 amide bonds.